The third-order valence-electron chi connectivity index (χ3n) is 6.27. The Morgan fingerprint density at radius 3 is 2.41 bits per heavy atom. The van der Waals surface area contributed by atoms with Crippen LogP contribution in [0.2, 0.25) is 0 Å². The zero-order valence-corrected chi connectivity index (χ0v) is 19.5. The van der Waals surface area contributed by atoms with Gasteiger partial charge in [0.1, 0.15) is 4.21 Å². The van der Waals surface area contributed by atoms with E-state index in [0.717, 1.165) is 29.3 Å². The number of benzene rings is 1. The van der Waals surface area contributed by atoms with Gasteiger partial charge in [-0.15, -0.1) is 11.3 Å². The average Bonchev–Trinajstić information content (AvgIpc) is 3.43. The van der Waals surface area contributed by atoms with Gasteiger partial charge >= 0.3 is 0 Å². The number of Topliss-reactive ketones (excluding diaryl/α,β-unsaturated/α-hetero) is 1. The molecule has 32 heavy (non-hydrogen) atoms. The Morgan fingerprint density at radius 2 is 1.78 bits per heavy atom. The van der Waals surface area contributed by atoms with Gasteiger partial charge in [0.25, 0.3) is 10.0 Å². The van der Waals surface area contributed by atoms with Crippen LogP contribution in [0.1, 0.15) is 48.4 Å². The van der Waals surface area contributed by atoms with Crippen molar-refractivity contribution in [2.45, 2.75) is 36.3 Å². The Morgan fingerprint density at radius 1 is 1.06 bits per heavy atom. The van der Waals surface area contributed by atoms with Crippen molar-refractivity contribution in [2.75, 3.05) is 31.1 Å². The predicted octanol–water partition coefficient (Wildman–Crippen LogP) is 4.38. The fourth-order valence-corrected chi connectivity index (χ4v) is 6.89. The molecule has 0 bridgehead atoms. The number of aromatic nitrogens is 1. The summed E-state index contributed by atoms with van der Waals surface area (Å²) in [5, 5.41) is 0. The van der Waals surface area contributed by atoms with Crippen LogP contribution < -0.4 is 4.90 Å². The number of piperazine rings is 1. The number of oxazole rings is 1. The lowest BCUT2D eigenvalue weighted by Crippen LogP contribution is -2.48. The lowest BCUT2D eigenvalue weighted by atomic mass is 9.85. The number of carbonyl (C=O) groups excluding carboxylic acids is 1. The van der Waals surface area contributed by atoms with Crippen molar-refractivity contribution in [1.29, 1.82) is 0 Å². The van der Waals surface area contributed by atoms with Gasteiger partial charge in [0.05, 0.1) is 11.1 Å². The maximum Gasteiger partial charge on any atom is 0.252 e. The van der Waals surface area contributed by atoms with Crippen molar-refractivity contribution in [1.82, 2.24) is 9.29 Å². The second-order valence-corrected chi connectivity index (χ2v) is 11.6. The summed E-state index contributed by atoms with van der Waals surface area (Å²) in [6, 6.07) is 10.9. The molecule has 7 nitrogen and oxygen atoms in total. The van der Waals surface area contributed by atoms with E-state index in [9.17, 15) is 13.2 Å². The first-order valence-electron chi connectivity index (χ1n) is 10.8. The molecule has 9 heteroatoms. The topological polar surface area (TPSA) is 83.7 Å². The molecule has 0 unspecified atom stereocenters. The molecule has 0 atom stereocenters. The van der Waals surface area contributed by atoms with E-state index in [0.29, 0.717) is 47.6 Å². The van der Waals surface area contributed by atoms with Crippen LogP contribution in [-0.4, -0.2) is 49.7 Å². The van der Waals surface area contributed by atoms with Crippen LogP contribution >= 0.6 is 11.3 Å². The van der Waals surface area contributed by atoms with Crippen LogP contribution in [0.15, 0.2) is 51.2 Å². The van der Waals surface area contributed by atoms with Gasteiger partial charge in [-0.1, -0.05) is 6.42 Å². The van der Waals surface area contributed by atoms with E-state index < -0.39 is 10.0 Å². The summed E-state index contributed by atoms with van der Waals surface area (Å²) >= 11 is 1.23. The summed E-state index contributed by atoms with van der Waals surface area (Å²) in [4.78, 5) is 18.8. The molecule has 3 heterocycles. The molecule has 0 N–H and O–H groups in total. The highest BCUT2D eigenvalue weighted by molar-refractivity contribution is 7.91. The van der Waals surface area contributed by atoms with E-state index in [-0.39, 0.29) is 5.78 Å². The van der Waals surface area contributed by atoms with Gasteiger partial charge in [-0.05, 0) is 56.2 Å². The normalized spacial score (nSPS) is 18.0. The number of sulfonamides is 1. The standard InChI is InChI=1S/C23H25N3O4S2/c1-16(27)17-5-7-19(8-6-17)25-11-13-26(14-12-25)32(28,29)22-10-9-21(31-22)20-15-24-23(30-20)18-3-2-4-18/h5-10,15,18H,2-4,11-14H2,1H3. The maximum absolute atomic E-state index is 13.2. The smallest absolute Gasteiger partial charge is 0.252 e. The van der Waals surface area contributed by atoms with Crippen LogP contribution in [0.5, 0.6) is 0 Å². The largest absolute Gasteiger partial charge is 0.440 e. The summed E-state index contributed by atoms with van der Waals surface area (Å²) in [6.45, 7) is 3.58. The van der Waals surface area contributed by atoms with E-state index in [1.807, 2.05) is 24.3 Å². The van der Waals surface area contributed by atoms with Crippen molar-refractivity contribution in [3.8, 4) is 10.6 Å². The van der Waals surface area contributed by atoms with Gasteiger partial charge in [-0.25, -0.2) is 13.4 Å². The lowest BCUT2D eigenvalue weighted by Gasteiger charge is -2.35. The number of nitrogens with zero attached hydrogens (tertiary/aromatic N) is 3. The van der Waals surface area contributed by atoms with Gasteiger partial charge in [0, 0.05) is 43.3 Å². The molecule has 0 radical (unpaired) electrons. The van der Waals surface area contributed by atoms with Crippen LogP contribution in [0.3, 0.4) is 0 Å². The molecule has 2 aliphatic rings. The molecule has 1 saturated carbocycles. The van der Waals surface area contributed by atoms with E-state index in [4.69, 9.17) is 4.42 Å². The minimum absolute atomic E-state index is 0.0346. The van der Waals surface area contributed by atoms with Crippen molar-refractivity contribution < 1.29 is 17.6 Å². The summed E-state index contributed by atoms with van der Waals surface area (Å²) in [5.41, 5.74) is 1.67. The SMILES string of the molecule is CC(=O)c1ccc(N2CCN(S(=O)(=O)c3ccc(-c4cnc(C5CCC5)o4)s3)CC2)cc1. The molecule has 0 amide bonds. The third-order valence-corrected chi connectivity index (χ3v) is 9.74. The molecule has 1 aromatic carbocycles. The molecule has 0 spiro atoms. The van der Waals surface area contributed by atoms with Gasteiger partial charge in [0.2, 0.25) is 0 Å². The first kappa shape index (κ1) is 21.4. The van der Waals surface area contributed by atoms with Gasteiger partial charge in [-0.3, -0.25) is 4.79 Å². The van der Waals surface area contributed by atoms with Crippen molar-refractivity contribution in [3.05, 3.63) is 54.0 Å². The molecule has 1 aliphatic carbocycles. The first-order valence-corrected chi connectivity index (χ1v) is 13.1. The number of hydrogen-bond acceptors (Lipinski definition) is 7. The summed E-state index contributed by atoms with van der Waals surface area (Å²) in [6.07, 6.45) is 5.13. The first-order chi connectivity index (χ1) is 15.4. The Balaban J connectivity index is 1.25. The Bertz CT molecular complexity index is 1220. The molecule has 2 aromatic heterocycles. The maximum atomic E-state index is 13.2. The molecule has 168 valence electrons. The highest BCUT2D eigenvalue weighted by Gasteiger charge is 2.31. The molecular formula is C23H25N3O4S2. The highest BCUT2D eigenvalue weighted by Crippen LogP contribution is 2.39. The number of ketones is 1. The highest BCUT2D eigenvalue weighted by atomic mass is 32.2. The quantitative estimate of drug-likeness (QED) is 0.496. The summed E-state index contributed by atoms with van der Waals surface area (Å²) < 4.78 is 34.2. The number of carbonyl (C=O) groups is 1. The average molecular weight is 472 g/mol. The number of thiophene rings is 1. The molecule has 2 fully saturated rings. The zero-order chi connectivity index (χ0) is 22.3. The van der Waals surface area contributed by atoms with Crippen LogP contribution in [0.25, 0.3) is 10.6 Å². The Kier molecular flexibility index (Phi) is 5.65. The van der Waals surface area contributed by atoms with Gasteiger partial charge in [0.15, 0.2) is 17.4 Å². The van der Waals surface area contributed by atoms with Gasteiger partial charge in [-0.2, -0.15) is 4.31 Å². The monoisotopic (exact) mass is 471 g/mol. The second-order valence-electron chi connectivity index (χ2n) is 8.30. The number of rotatable bonds is 6. The Hall–Kier alpha value is -2.49. The Labute approximate surface area is 191 Å². The summed E-state index contributed by atoms with van der Waals surface area (Å²) in [5.74, 6) is 1.84. The molecule has 1 saturated heterocycles. The van der Waals surface area contributed by atoms with E-state index in [1.54, 1.807) is 29.6 Å². The van der Waals surface area contributed by atoms with E-state index >= 15 is 0 Å². The van der Waals surface area contributed by atoms with Crippen LogP contribution in [0.4, 0.5) is 5.69 Å². The van der Waals surface area contributed by atoms with E-state index in [2.05, 4.69) is 9.88 Å². The predicted molar refractivity (Wildman–Crippen MR) is 124 cm³/mol. The number of hydrogen-bond donors (Lipinski definition) is 0. The molecular weight excluding hydrogens is 446 g/mol. The second kappa shape index (κ2) is 8.46. The van der Waals surface area contributed by atoms with Crippen molar-refractivity contribution in [2.24, 2.45) is 0 Å². The third kappa shape index (κ3) is 4.00. The zero-order valence-electron chi connectivity index (χ0n) is 17.9. The summed E-state index contributed by atoms with van der Waals surface area (Å²) in [7, 11) is -3.56. The minimum atomic E-state index is -3.56. The van der Waals surface area contributed by atoms with Gasteiger partial charge < -0.3 is 9.32 Å². The van der Waals surface area contributed by atoms with Crippen molar-refractivity contribution >= 4 is 32.8 Å². The van der Waals surface area contributed by atoms with E-state index in [1.165, 1.54) is 17.8 Å². The lowest BCUT2D eigenvalue weighted by molar-refractivity contribution is 0.101. The minimum Gasteiger partial charge on any atom is -0.440 e. The fourth-order valence-electron chi connectivity index (χ4n) is 4.06. The number of anilines is 1. The van der Waals surface area contributed by atoms with Crippen LogP contribution in [-0.2, 0) is 10.0 Å². The molecule has 5 rings (SSSR count). The van der Waals surface area contributed by atoms with Crippen LogP contribution in [0, 0.1) is 0 Å². The fraction of sp³-hybridized carbons (Fsp3) is 0.391. The van der Waals surface area contributed by atoms with Crippen molar-refractivity contribution in [3.63, 3.8) is 0 Å². The molecule has 3 aromatic rings. The molecule has 1 aliphatic heterocycles.